The third-order valence-electron chi connectivity index (χ3n) is 6.78. The van der Waals surface area contributed by atoms with Crippen LogP contribution in [-0.2, 0) is 6.54 Å². The Bertz CT molecular complexity index is 1430. The summed E-state index contributed by atoms with van der Waals surface area (Å²) < 4.78 is 47.9. The number of alkyl halides is 3. The molecular formula is C31H29F3N2O3S. The van der Waals surface area contributed by atoms with E-state index in [1.165, 1.54) is 29.1 Å². The summed E-state index contributed by atoms with van der Waals surface area (Å²) >= 11 is 1.78. The molecule has 0 spiro atoms. The fourth-order valence-electron chi connectivity index (χ4n) is 4.91. The van der Waals surface area contributed by atoms with E-state index in [0.717, 1.165) is 38.0 Å². The molecule has 1 amide bonds. The lowest BCUT2D eigenvalue weighted by atomic mass is 9.94. The minimum absolute atomic E-state index is 0.109. The molecule has 0 atom stereocenters. The van der Waals surface area contributed by atoms with Crippen molar-refractivity contribution < 1.29 is 27.4 Å². The van der Waals surface area contributed by atoms with Crippen molar-refractivity contribution >= 4 is 22.9 Å². The average Bonchev–Trinajstić information content (AvgIpc) is 3.43. The van der Waals surface area contributed by atoms with Crippen LogP contribution in [0, 0.1) is 6.92 Å². The largest absolute Gasteiger partial charge is 0.573 e. The Morgan fingerprint density at radius 2 is 1.73 bits per heavy atom. The first kappa shape index (κ1) is 27.7. The maximum Gasteiger partial charge on any atom is 0.573 e. The summed E-state index contributed by atoms with van der Waals surface area (Å²) in [6.07, 6.45) is -2.80. The number of carbonyl (C=O) groups is 1. The van der Waals surface area contributed by atoms with E-state index in [4.69, 9.17) is 4.74 Å². The predicted molar refractivity (Wildman–Crippen MR) is 151 cm³/mol. The Kier molecular flexibility index (Phi) is 8.42. The van der Waals surface area contributed by atoms with Crippen molar-refractivity contribution in [3.8, 4) is 22.6 Å². The van der Waals surface area contributed by atoms with E-state index in [1.807, 2.05) is 31.2 Å². The molecule has 0 aliphatic carbocycles. The lowest BCUT2D eigenvalue weighted by Crippen LogP contribution is -2.37. The van der Waals surface area contributed by atoms with Crippen LogP contribution in [0.2, 0.25) is 0 Å². The fraction of sp³-hybridized carbons (Fsp3) is 0.258. The van der Waals surface area contributed by atoms with E-state index in [2.05, 4.69) is 32.5 Å². The van der Waals surface area contributed by atoms with Crippen LogP contribution in [0.5, 0.6) is 11.5 Å². The molecule has 0 unspecified atom stereocenters. The molecule has 1 saturated heterocycles. The summed E-state index contributed by atoms with van der Waals surface area (Å²) in [5.41, 5.74) is 3.08. The van der Waals surface area contributed by atoms with Gasteiger partial charge in [0.1, 0.15) is 17.6 Å². The number of nitrogens with one attached hydrogen (secondary N) is 1. The zero-order chi connectivity index (χ0) is 28.1. The number of amides is 1. The summed E-state index contributed by atoms with van der Waals surface area (Å²) in [5.74, 6) is 0.0495. The molecule has 0 saturated carbocycles. The molecule has 1 aromatic heterocycles. The average molecular weight is 567 g/mol. The van der Waals surface area contributed by atoms with Gasteiger partial charge in [0.2, 0.25) is 0 Å². The molecule has 40 heavy (non-hydrogen) atoms. The van der Waals surface area contributed by atoms with Gasteiger partial charge < -0.3 is 14.8 Å². The van der Waals surface area contributed by atoms with Crippen LogP contribution >= 0.6 is 11.3 Å². The van der Waals surface area contributed by atoms with Gasteiger partial charge in [0.25, 0.3) is 5.91 Å². The van der Waals surface area contributed by atoms with Gasteiger partial charge >= 0.3 is 6.36 Å². The molecule has 1 N–H and O–H groups in total. The number of carbonyl (C=O) groups excluding carboxylic acids is 1. The molecule has 5 rings (SSSR count). The van der Waals surface area contributed by atoms with Gasteiger partial charge in [-0.25, -0.2) is 0 Å². The quantitative estimate of drug-likeness (QED) is 0.235. The van der Waals surface area contributed by atoms with Crippen molar-refractivity contribution in [3.63, 3.8) is 0 Å². The highest BCUT2D eigenvalue weighted by Crippen LogP contribution is 2.32. The predicted octanol–water partition coefficient (Wildman–Crippen LogP) is 7.92. The van der Waals surface area contributed by atoms with Crippen LogP contribution < -0.4 is 14.8 Å². The van der Waals surface area contributed by atoms with Crippen LogP contribution in [-0.4, -0.2) is 36.4 Å². The summed E-state index contributed by atoms with van der Waals surface area (Å²) in [4.78, 5) is 17.2. The smallest absolute Gasteiger partial charge is 0.490 e. The number of halogens is 3. The Morgan fingerprint density at radius 3 is 2.42 bits per heavy atom. The molecule has 1 aliphatic heterocycles. The van der Waals surface area contributed by atoms with Gasteiger partial charge in [-0.15, -0.1) is 24.5 Å². The molecule has 9 heteroatoms. The van der Waals surface area contributed by atoms with Crippen LogP contribution in [0.25, 0.3) is 11.1 Å². The fourth-order valence-corrected chi connectivity index (χ4v) is 5.66. The van der Waals surface area contributed by atoms with E-state index in [-0.39, 0.29) is 17.8 Å². The number of aryl methyl sites for hydroxylation is 1. The van der Waals surface area contributed by atoms with Gasteiger partial charge in [0, 0.05) is 41.8 Å². The van der Waals surface area contributed by atoms with Crippen LogP contribution in [0.15, 0.2) is 84.2 Å². The zero-order valence-corrected chi connectivity index (χ0v) is 22.7. The van der Waals surface area contributed by atoms with E-state index < -0.39 is 6.36 Å². The third-order valence-corrected chi connectivity index (χ3v) is 7.64. The lowest BCUT2D eigenvalue weighted by molar-refractivity contribution is -0.274. The van der Waals surface area contributed by atoms with Gasteiger partial charge in [0.05, 0.1) is 0 Å². The number of benzene rings is 3. The third kappa shape index (κ3) is 7.22. The van der Waals surface area contributed by atoms with Gasteiger partial charge in [-0.3, -0.25) is 9.69 Å². The Labute approximate surface area is 235 Å². The molecule has 1 fully saturated rings. The standard InChI is InChI=1S/C31H29F3N2O3S/c1-21-5-2-9-28(29(21)22-10-12-25(13-11-22)39-31(32,33)34)30(37)35-23-6-3-7-26(19-23)38-24-14-16-36(17-15-24)20-27-8-4-18-40-27/h2-13,18-19,24H,14-17,20H2,1H3,(H,35,37). The Morgan fingerprint density at radius 1 is 0.975 bits per heavy atom. The highest BCUT2D eigenvalue weighted by atomic mass is 32.1. The summed E-state index contributed by atoms with van der Waals surface area (Å²) in [5, 5.41) is 5.05. The van der Waals surface area contributed by atoms with Crippen LogP contribution in [0.4, 0.5) is 18.9 Å². The number of thiophene rings is 1. The molecule has 5 nitrogen and oxygen atoms in total. The van der Waals surface area contributed by atoms with Crippen molar-refractivity contribution in [2.45, 2.75) is 38.8 Å². The van der Waals surface area contributed by atoms with Crippen LogP contribution in [0.1, 0.15) is 33.6 Å². The maximum absolute atomic E-state index is 13.4. The molecule has 208 valence electrons. The van der Waals surface area contributed by atoms with Crippen molar-refractivity contribution in [1.82, 2.24) is 4.90 Å². The molecular weight excluding hydrogens is 537 g/mol. The SMILES string of the molecule is Cc1cccc(C(=O)Nc2cccc(OC3CCN(Cc4cccs4)CC3)c2)c1-c1ccc(OC(F)(F)F)cc1. The number of hydrogen-bond donors (Lipinski definition) is 1. The number of likely N-dealkylation sites (tertiary alicyclic amines) is 1. The molecule has 4 aromatic rings. The van der Waals surface area contributed by atoms with E-state index in [1.54, 1.807) is 29.5 Å². The molecule has 0 bridgehead atoms. The first-order valence-corrected chi connectivity index (χ1v) is 13.9. The number of rotatable bonds is 8. The van der Waals surface area contributed by atoms with E-state index in [0.29, 0.717) is 28.1 Å². The normalized spacial score (nSPS) is 14.6. The number of nitrogens with zero attached hydrogens (tertiary/aromatic N) is 1. The first-order valence-electron chi connectivity index (χ1n) is 13.0. The number of ether oxygens (including phenoxy) is 2. The minimum Gasteiger partial charge on any atom is -0.490 e. The highest BCUT2D eigenvalue weighted by Gasteiger charge is 2.31. The monoisotopic (exact) mass is 566 g/mol. The molecule has 1 aliphatic rings. The number of hydrogen-bond acceptors (Lipinski definition) is 5. The van der Waals surface area contributed by atoms with Crippen LogP contribution in [0.3, 0.4) is 0 Å². The molecule has 2 heterocycles. The van der Waals surface area contributed by atoms with Gasteiger partial charge in [-0.1, -0.05) is 36.4 Å². The Balaban J connectivity index is 1.24. The lowest BCUT2D eigenvalue weighted by Gasteiger charge is -2.31. The Hall–Kier alpha value is -3.82. The molecule has 0 radical (unpaired) electrons. The summed E-state index contributed by atoms with van der Waals surface area (Å²) in [6.45, 7) is 4.77. The van der Waals surface area contributed by atoms with E-state index in [9.17, 15) is 18.0 Å². The number of piperidine rings is 1. The second-order valence-corrected chi connectivity index (χ2v) is 10.8. The molecule has 3 aromatic carbocycles. The maximum atomic E-state index is 13.4. The van der Waals surface area contributed by atoms with Gasteiger partial charge in [-0.2, -0.15) is 0 Å². The first-order chi connectivity index (χ1) is 19.2. The van der Waals surface area contributed by atoms with Crippen molar-refractivity contribution in [2.75, 3.05) is 18.4 Å². The van der Waals surface area contributed by atoms with Gasteiger partial charge in [0.15, 0.2) is 0 Å². The highest BCUT2D eigenvalue weighted by molar-refractivity contribution is 7.09. The second kappa shape index (κ2) is 12.1. The van der Waals surface area contributed by atoms with Crippen molar-refractivity contribution in [3.05, 3.63) is 100 Å². The van der Waals surface area contributed by atoms with Crippen molar-refractivity contribution in [1.29, 1.82) is 0 Å². The summed E-state index contributed by atoms with van der Waals surface area (Å²) in [6, 6.07) is 22.4. The van der Waals surface area contributed by atoms with Gasteiger partial charge in [-0.05, 0) is 78.2 Å². The van der Waals surface area contributed by atoms with E-state index >= 15 is 0 Å². The summed E-state index contributed by atoms with van der Waals surface area (Å²) in [7, 11) is 0. The number of anilines is 1. The minimum atomic E-state index is -4.77. The topological polar surface area (TPSA) is 50.8 Å². The zero-order valence-electron chi connectivity index (χ0n) is 21.9. The second-order valence-electron chi connectivity index (χ2n) is 9.72. The van der Waals surface area contributed by atoms with Crippen molar-refractivity contribution in [2.24, 2.45) is 0 Å².